The molecule has 136 valence electrons. The monoisotopic (exact) mass is 348 g/mol. The fraction of sp³-hybridized carbons (Fsp3) is 0.391. The molecule has 2 aromatic heterocycles. The highest BCUT2D eigenvalue weighted by molar-refractivity contribution is 5.66. The average molecular weight is 348 g/mol. The standard InChI is InChI=1S/C23H28N2O/c1-2-5-23(19-13-15-24-16-14-19)26-21-11-9-18(10-12-21)22-8-3-6-20-7-4-17-25(20)22/h3-4,6-12,17,19,23-24H,2,5,13-16H2,1H3. The van der Waals surface area contributed by atoms with Crippen LogP contribution in [0.4, 0.5) is 0 Å². The molecule has 3 nitrogen and oxygen atoms in total. The van der Waals surface area contributed by atoms with E-state index in [0.29, 0.717) is 12.0 Å². The molecule has 0 aliphatic carbocycles. The maximum atomic E-state index is 6.42. The number of piperidine rings is 1. The number of hydrogen-bond donors (Lipinski definition) is 1. The largest absolute Gasteiger partial charge is 0.490 e. The Labute approximate surface area is 156 Å². The molecule has 1 N–H and O–H groups in total. The molecule has 0 spiro atoms. The second-order valence-corrected chi connectivity index (χ2v) is 7.27. The predicted molar refractivity (Wildman–Crippen MR) is 108 cm³/mol. The van der Waals surface area contributed by atoms with Gasteiger partial charge in [0.25, 0.3) is 0 Å². The van der Waals surface area contributed by atoms with Crippen LogP contribution in [0.5, 0.6) is 5.75 Å². The van der Waals surface area contributed by atoms with Gasteiger partial charge in [-0.3, -0.25) is 0 Å². The van der Waals surface area contributed by atoms with Crippen molar-refractivity contribution in [3.8, 4) is 17.0 Å². The summed E-state index contributed by atoms with van der Waals surface area (Å²) < 4.78 is 8.65. The van der Waals surface area contributed by atoms with Gasteiger partial charge in [0, 0.05) is 11.7 Å². The van der Waals surface area contributed by atoms with Gasteiger partial charge < -0.3 is 14.5 Å². The first-order valence-electron chi connectivity index (χ1n) is 9.89. The Balaban J connectivity index is 1.52. The quantitative estimate of drug-likeness (QED) is 0.666. The fourth-order valence-corrected chi connectivity index (χ4v) is 4.07. The fourth-order valence-electron chi connectivity index (χ4n) is 4.07. The van der Waals surface area contributed by atoms with Gasteiger partial charge in [-0.15, -0.1) is 0 Å². The summed E-state index contributed by atoms with van der Waals surface area (Å²) in [7, 11) is 0. The zero-order chi connectivity index (χ0) is 17.8. The summed E-state index contributed by atoms with van der Waals surface area (Å²) in [6, 6.07) is 19.2. The summed E-state index contributed by atoms with van der Waals surface area (Å²) in [5.74, 6) is 1.66. The number of nitrogens with one attached hydrogen (secondary N) is 1. The van der Waals surface area contributed by atoms with E-state index in [-0.39, 0.29) is 0 Å². The minimum Gasteiger partial charge on any atom is -0.490 e. The predicted octanol–water partition coefficient (Wildman–Crippen LogP) is 5.15. The molecule has 1 saturated heterocycles. The van der Waals surface area contributed by atoms with E-state index < -0.39 is 0 Å². The second-order valence-electron chi connectivity index (χ2n) is 7.27. The summed E-state index contributed by atoms with van der Waals surface area (Å²) >= 11 is 0. The third kappa shape index (κ3) is 3.63. The Hall–Kier alpha value is -2.26. The van der Waals surface area contributed by atoms with Crippen LogP contribution in [0.25, 0.3) is 16.8 Å². The lowest BCUT2D eigenvalue weighted by molar-refractivity contribution is 0.103. The van der Waals surface area contributed by atoms with Crippen molar-refractivity contribution >= 4 is 5.52 Å². The Morgan fingerprint density at radius 1 is 1.04 bits per heavy atom. The molecule has 1 aliphatic rings. The molecule has 1 fully saturated rings. The Bertz CT molecular complexity index is 831. The van der Waals surface area contributed by atoms with Crippen LogP contribution in [0.1, 0.15) is 32.6 Å². The molecular formula is C23H28N2O. The number of benzene rings is 1. The number of aromatic nitrogens is 1. The molecular weight excluding hydrogens is 320 g/mol. The van der Waals surface area contributed by atoms with Gasteiger partial charge in [0.1, 0.15) is 11.9 Å². The van der Waals surface area contributed by atoms with Crippen molar-refractivity contribution in [2.75, 3.05) is 13.1 Å². The van der Waals surface area contributed by atoms with E-state index >= 15 is 0 Å². The molecule has 3 heterocycles. The van der Waals surface area contributed by atoms with Crippen molar-refractivity contribution in [1.29, 1.82) is 0 Å². The number of rotatable bonds is 6. The van der Waals surface area contributed by atoms with Gasteiger partial charge in [0.15, 0.2) is 0 Å². The lowest BCUT2D eigenvalue weighted by Gasteiger charge is -2.31. The molecule has 26 heavy (non-hydrogen) atoms. The van der Waals surface area contributed by atoms with Gasteiger partial charge in [-0.05, 0) is 92.4 Å². The first-order valence-corrected chi connectivity index (χ1v) is 9.89. The molecule has 4 rings (SSSR count). The first kappa shape index (κ1) is 17.2. The van der Waals surface area contributed by atoms with Crippen LogP contribution in [0.2, 0.25) is 0 Å². The first-order chi connectivity index (χ1) is 12.8. The molecule has 3 heteroatoms. The Morgan fingerprint density at radius 3 is 2.58 bits per heavy atom. The minimum absolute atomic E-state index is 0.334. The summed E-state index contributed by atoms with van der Waals surface area (Å²) in [5, 5.41) is 3.46. The smallest absolute Gasteiger partial charge is 0.119 e. The van der Waals surface area contributed by atoms with Crippen LogP contribution in [-0.4, -0.2) is 23.6 Å². The molecule has 0 amide bonds. The van der Waals surface area contributed by atoms with Gasteiger partial charge in [0.2, 0.25) is 0 Å². The van der Waals surface area contributed by atoms with Crippen LogP contribution >= 0.6 is 0 Å². The number of ether oxygens (including phenoxy) is 1. The van der Waals surface area contributed by atoms with Gasteiger partial charge in [-0.25, -0.2) is 0 Å². The normalized spacial score (nSPS) is 16.7. The Morgan fingerprint density at radius 2 is 1.81 bits per heavy atom. The highest BCUT2D eigenvalue weighted by Gasteiger charge is 2.24. The van der Waals surface area contributed by atoms with Crippen molar-refractivity contribution in [3.05, 3.63) is 60.8 Å². The molecule has 3 aromatic rings. The van der Waals surface area contributed by atoms with E-state index in [2.05, 4.69) is 77.4 Å². The zero-order valence-electron chi connectivity index (χ0n) is 15.5. The van der Waals surface area contributed by atoms with Crippen molar-refractivity contribution in [2.24, 2.45) is 5.92 Å². The molecule has 0 bridgehead atoms. The van der Waals surface area contributed by atoms with Crippen LogP contribution < -0.4 is 10.1 Å². The van der Waals surface area contributed by atoms with Gasteiger partial charge in [-0.1, -0.05) is 19.4 Å². The number of nitrogens with zero attached hydrogens (tertiary/aromatic N) is 1. The SMILES string of the molecule is CCCC(Oc1ccc(-c2cccc3cccn23)cc1)C1CCNCC1. The molecule has 1 unspecified atom stereocenters. The lowest BCUT2D eigenvalue weighted by atomic mass is 9.89. The highest BCUT2D eigenvalue weighted by atomic mass is 16.5. The Kier molecular flexibility index (Phi) is 5.26. The van der Waals surface area contributed by atoms with Crippen molar-refractivity contribution in [3.63, 3.8) is 0 Å². The van der Waals surface area contributed by atoms with Gasteiger partial charge in [-0.2, -0.15) is 0 Å². The average Bonchev–Trinajstić information content (AvgIpc) is 3.18. The van der Waals surface area contributed by atoms with Gasteiger partial charge in [0.05, 0.1) is 5.69 Å². The van der Waals surface area contributed by atoms with Crippen molar-refractivity contribution in [2.45, 2.75) is 38.7 Å². The van der Waals surface area contributed by atoms with E-state index in [4.69, 9.17) is 4.74 Å². The van der Waals surface area contributed by atoms with Crippen LogP contribution in [0.15, 0.2) is 60.8 Å². The van der Waals surface area contributed by atoms with Crippen molar-refractivity contribution in [1.82, 2.24) is 9.72 Å². The number of pyridine rings is 1. The summed E-state index contributed by atoms with van der Waals surface area (Å²) in [4.78, 5) is 0. The highest BCUT2D eigenvalue weighted by Crippen LogP contribution is 2.28. The third-order valence-electron chi connectivity index (χ3n) is 5.48. The summed E-state index contributed by atoms with van der Waals surface area (Å²) in [6.45, 7) is 4.49. The lowest BCUT2D eigenvalue weighted by Crippen LogP contribution is -2.36. The maximum absolute atomic E-state index is 6.42. The van der Waals surface area contributed by atoms with Crippen molar-refractivity contribution < 1.29 is 4.74 Å². The second kappa shape index (κ2) is 7.96. The molecule has 1 aliphatic heterocycles. The molecule has 1 atom stereocenters. The van der Waals surface area contributed by atoms with Crippen LogP contribution in [0, 0.1) is 5.92 Å². The topological polar surface area (TPSA) is 25.7 Å². The maximum Gasteiger partial charge on any atom is 0.119 e. The minimum atomic E-state index is 0.334. The molecule has 0 saturated carbocycles. The van der Waals surface area contributed by atoms with Crippen LogP contribution in [-0.2, 0) is 0 Å². The third-order valence-corrected chi connectivity index (χ3v) is 5.48. The molecule has 0 radical (unpaired) electrons. The molecule has 1 aromatic carbocycles. The van der Waals surface area contributed by atoms with Crippen LogP contribution in [0.3, 0.4) is 0 Å². The number of hydrogen-bond acceptors (Lipinski definition) is 2. The van der Waals surface area contributed by atoms with E-state index in [1.807, 2.05) is 0 Å². The van der Waals surface area contributed by atoms with E-state index in [1.165, 1.54) is 36.0 Å². The van der Waals surface area contributed by atoms with Gasteiger partial charge >= 0.3 is 0 Å². The van der Waals surface area contributed by atoms with E-state index in [9.17, 15) is 0 Å². The number of fused-ring (bicyclic) bond motifs is 1. The zero-order valence-corrected chi connectivity index (χ0v) is 15.5. The summed E-state index contributed by atoms with van der Waals surface area (Å²) in [6.07, 6.45) is 7.19. The van der Waals surface area contributed by atoms with E-state index in [1.54, 1.807) is 0 Å². The summed E-state index contributed by atoms with van der Waals surface area (Å²) in [5.41, 5.74) is 3.65. The van der Waals surface area contributed by atoms with E-state index in [0.717, 1.165) is 25.3 Å².